The van der Waals surface area contributed by atoms with Crippen molar-refractivity contribution in [3.8, 4) is 0 Å². The molecule has 1 aliphatic rings. The summed E-state index contributed by atoms with van der Waals surface area (Å²) in [6.07, 6.45) is 3.05. The molecule has 1 heterocycles. The number of nitrogens with one attached hydrogen (secondary N) is 2. The average molecular weight is 279 g/mol. The molecule has 0 aromatic carbocycles. The first kappa shape index (κ1) is 14.8. The molecule has 0 aliphatic heterocycles. The molecular weight excluding hydrogens is 254 g/mol. The summed E-state index contributed by atoms with van der Waals surface area (Å²) >= 11 is 0. The number of carbonyl (C=O) groups excluding carboxylic acids is 1. The van der Waals surface area contributed by atoms with Gasteiger partial charge >= 0.3 is 0 Å². The third kappa shape index (κ3) is 3.50. The van der Waals surface area contributed by atoms with Gasteiger partial charge in [0, 0.05) is 52.3 Å². The Morgan fingerprint density at radius 1 is 1.50 bits per heavy atom. The molecule has 1 aliphatic carbocycles. The van der Waals surface area contributed by atoms with E-state index in [9.17, 15) is 4.79 Å². The lowest BCUT2D eigenvalue weighted by atomic mass is 10.2. The number of aromatic nitrogens is 2. The summed E-state index contributed by atoms with van der Waals surface area (Å²) in [7, 11) is 5.64. The monoisotopic (exact) mass is 279 g/mol. The van der Waals surface area contributed by atoms with Gasteiger partial charge in [0.2, 0.25) is 5.91 Å². The van der Waals surface area contributed by atoms with Crippen LogP contribution in [-0.4, -0.2) is 42.4 Å². The Labute approximate surface area is 120 Å². The molecule has 0 bridgehead atoms. The van der Waals surface area contributed by atoms with Crippen molar-refractivity contribution in [3.05, 3.63) is 11.3 Å². The largest absolute Gasteiger partial charge is 0.359 e. The Morgan fingerprint density at radius 3 is 2.80 bits per heavy atom. The molecule has 1 aromatic heterocycles. The molecule has 0 spiro atoms. The van der Waals surface area contributed by atoms with Crippen LogP contribution in [0.15, 0.2) is 0 Å². The fourth-order valence-corrected chi connectivity index (χ4v) is 2.41. The standard InChI is InChI=1S/C14H25N5O/c1-10-12(9-16-11-5-6-11)14(19(4)17-10)18(3)8-7-13(20)15-2/h11,16H,5-9H2,1-4H3,(H,15,20). The lowest BCUT2D eigenvalue weighted by Crippen LogP contribution is -2.28. The number of amides is 1. The van der Waals surface area contributed by atoms with Gasteiger partial charge in [-0.05, 0) is 19.8 Å². The number of anilines is 1. The van der Waals surface area contributed by atoms with E-state index in [1.807, 2.05) is 25.7 Å². The van der Waals surface area contributed by atoms with Crippen LogP contribution >= 0.6 is 0 Å². The zero-order valence-corrected chi connectivity index (χ0v) is 12.9. The minimum Gasteiger partial charge on any atom is -0.359 e. The molecule has 1 fully saturated rings. The van der Waals surface area contributed by atoms with E-state index in [0.717, 1.165) is 18.1 Å². The molecule has 2 rings (SSSR count). The Balaban J connectivity index is 2.05. The fraction of sp³-hybridized carbons (Fsp3) is 0.714. The van der Waals surface area contributed by atoms with Gasteiger partial charge in [-0.1, -0.05) is 0 Å². The number of carbonyl (C=O) groups is 1. The molecule has 20 heavy (non-hydrogen) atoms. The van der Waals surface area contributed by atoms with E-state index < -0.39 is 0 Å². The minimum absolute atomic E-state index is 0.0633. The van der Waals surface area contributed by atoms with Crippen LogP contribution in [0.2, 0.25) is 0 Å². The quantitative estimate of drug-likeness (QED) is 0.765. The predicted octanol–water partition coefficient (Wildman–Crippen LogP) is 0.553. The maximum atomic E-state index is 11.4. The summed E-state index contributed by atoms with van der Waals surface area (Å²) in [5.41, 5.74) is 2.29. The van der Waals surface area contributed by atoms with Gasteiger partial charge in [0.15, 0.2) is 0 Å². The third-order valence-corrected chi connectivity index (χ3v) is 3.77. The summed E-state index contributed by atoms with van der Waals surface area (Å²) in [5, 5.41) is 10.7. The van der Waals surface area contributed by atoms with E-state index in [4.69, 9.17) is 0 Å². The van der Waals surface area contributed by atoms with Crippen LogP contribution in [0.4, 0.5) is 5.82 Å². The first-order valence-corrected chi connectivity index (χ1v) is 7.20. The Kier molecular flexibility index (Phi) is 4.65. The molecule has 6 nitrogen and oxygen atoms in total. The van der Waals surface area contributed by atoms with Gasteiger partial charge in [-0.15, -0.1) is 0 Å². The maximum absolute atomic E-state index is 11.4. The Hall–Kier alpha value is -1.56. The molecule has 0 saturated heterocycles. The topological polar surface area (TPSA) is 62.2 Å². The average Bonchev–Trinajstić information content (AvgIpc) is 3.19. The summed E-state index contributed by atoms with van der Waals surface area (Å²) in [4.78, 5) is 13.5. The lowest BCUT2D eigenvalue weighted by Gasteiger charge is -2.21. The van der Waals surface area contributed by atoms with Gasteiger partial charge in [0.05, 0.1) is 5.69 Å². The van der Waals surface area contributed by atoms with Crippen molar-refractivity contribution in [1.82, 2.24) is 20.4 Å². The van der Waals surface area contributed by atoms with Gasteiger partial charge in [0.1, 0.15) is 5.82 Å². The lowest BCUT2D eigenvalue weighted by molar-refractivity contribution is -0.120. The van der Waals surface area contributed by atoms with Crippen molar-refractivity contribution in [2.24, 2.45) is 7.05 Å². The van der Waals surface area contributed by atoms with Crippen LogP contribution < -0.4 is 15.5 Å². The summed E-state index contributed by atoms with van der Waals surface area (Å²) in [5.74, 6) is 1.16. The van der Waals surface area contributed by atoms with Crippen LogP contribution in [0, 0.1) is 6.92 Å². The fourth-order valence-electron chi connectivity index (χ4n) is 2.41. The van der Waals surface area contributed by atoms with E-state index in [-0.39, 0.29) is 5.91 Å². The Bertz CT molecular complexity index is 478. The normalized spacial score (nSPS) is 14.4. The second kappa shape index (κ2) is 6.26. The molecule has 6 heteroatoms. The Morgan fingerprint density at radius 2 is 2.20 bits per heavy atom. The maximum Gasteiger partial charge on any atom is 0.221 e. The van der Waals surface area contributed by atoms with Crippen molar-refractivity contribution in [1.29, 1.82) is 0 Å². The van der Waals surface area contributed by atoms with Crippen LogP contribution in [0.1, 0.15) is 30.5 Å². The highest BCUT2D eigenvalue weighted by Crippen LogP contribution is 2.25. The number of hydrogen-bond acceptors (Lipinski definition) is 4. The molecule has 0 radical (unpaired) electrons. The second-order valence-electron chi connectivity index (χ2n) is 5.51. The number of aryl methyl sites for hydroxylation is 2. The van der Waals surface area contributed by atoms with Gasteiger partial charge in [-0.2, -0.15) is 5.10 Å². The molecule has 112 valence electrons. The van der Waals surface area contributed by atoms with Gasteiger partial charge in [-0.3, -0.25) is 9.48 Å². The predicted molar refractivity (Wildman–Crippen MR) is 79.8 cm³/mol. The summed E-state index contributed by atoms with van der Waals surface area (Å²) < 4.78 is 1.91. The third-order valence-electron chi connectivity index (χ3n) is 3.77. The summed E-state index contributed by atoms with van der Waals surface area (Å²) in [6, 6.07) is 0.679. The van der Waals surface area contributed by atoms with Gasteiger partial charge in [0.25, 0.3) is 0 Å². The minimum atomic E-state index is 0.0633. The van der Waals surface area contributed by atoms with Gasteiger partial charge in [-0.25, -0.2) is 0 Å². The van der Waals surface area contributed by atoms with Crippen LogP contribution in [-0.2, 0) is 18.4 Å². The van der Waals surface area contributed by atoms with Crippen molar-refractivity contribution in [2.75, 3.05) is 25.5 Å². The van der Waals surface area contributed by atoms with Crippen LogP contribution in [0.3, 0.4) is 0 Å². The molecule has 1 amide bonds. The van der Waals surface area contributed by atoms with Crippen molar-refractivity contribution in [3.63, 3.8) is 0 Å². The highest BCUT2D eigenvalue weighted by atomic mass is 16.1. The highest BCUT2D eigenvalue weighted by Gasteiger charge is 2.23. The molecule has 0 unspecified atom stereocenters. The molecular formula is C14H25N5O. The van der Waals surface area contributed by atoms with E-state index in [0.29, 0.717) is 19.0 Å². The zero-order valence-electron chi connectivity index (χ0n) is 12.9. The van der Waals surface area contributed by atoms with E-state index in [1.54, 1.807) is 7.05 Å². The van der Waals surface area contributed by atoms with Crippen LogP contribution in [0.5, 0.6) is 0 Å². The molecule has 1 aromatic rings. The highest BCUT2D eigenvalue weighted by molar-refractivity contribution is 5.76. The smallest absolute Gasteiger partial charge is 0.221 e. The van der Waals surface area contributed by atoms with Crippen molar-refractivity contribution in [2.45, 2.75) is 38.8 Å². The van der Waals surface area contributed by atoms with Crippen molar-refractivity contribution < 1.29 is 4.79 Å². The van der Waals surface area contributed by atoms with Gasteiger partial charge < -0.3 is 15.5 Å². The summed E-state index contributed by atoms with van der Waals surface area (Å²) in [6.45, 7) is 3.58. The zero-order chi connectivity index (χ0) is 14.7. The van der Waals surface area contributed by atoms with E-state index in [2.05, 4.69) is 20.6 Å². The number of nitrogens with zero attached hydrogens (tertiary/aromatic N) is 3. The van der Waals surface area contributed by atoms with Crippen LogP contribution in [0.25, 0.3) is 0 Å². The van der Waals surface area contributed by atoms with E-state index in [1.165, 1.54) is 18.4 Å². The molecule has 0 atom stereocenters. The van der Waals surface area contributed by atoms with Crippen molar-refractivity contribution >= 4 is 11.7 Å². The number of rotatable bonds is 7. The SMILES string of the molecule is CNC(=O)CCN(C)c1c(CNC2CC2)c(C)nn1C. The first-order valence-electron chi connectivity index (χ1n) is 7.20. The van der Waals surface area contributed by atoms with E-state index >= 15 is 0 Å². The molecule has 2 N–H and O–H groups in total. The molecule has 1 saturated carbocycles. The second-order valence-corrected chi connectivity index (χ2v) is 5.51. The number of hydrogen-bond donors (Lipinski definition) is 2. The first-order chi connectivity index (χ1) is 9.52.